The van der Waals surface area contributed by atoms with Gasteiger partial charge in [0.15, 0.2) is 5.11 Å². The number of rotatable bonds is 6. The highest BCUT2D eigenvalue weighted by Crippen LogP contribution is 2.34. The van der Waals surface area contributed by atoms with Gasteiger partial charge in [0.05, 0.1) is 13.2 Å². The Bertz CT molecular complexity index is 1080. The van der Waals surface area contributed by atoms with Crippen molar-refractivity contribution < 1.29 is 13.9 Å². The molecule has 0 amide bonds. The van der Waals surface area contributed by atoms with Crippen LogP contribution in [-0.2, 0) is 14.9 Å². The number of halogens is 1. The van der Waals surface area contributed by atoms with E-state index in [1.165, 1.54) is 18.6 Å². The number of hydrogen-bond acceptors (Lipinski definition) is 7. The average Bonchev–Trinajstić information content (AvgIpc) is 2.92. The summed E-state index contributed by atoms with van der Waals surface area (Å²) in [6.45, 7) is 11.5. The van der Waals surface area contributed by atoms with Crippen LogP contribution in [0.3, 0.4) is 0 Å². The first-order chi connectivity index (χ1) is 18.4. The van der Waals surface area contributed by atoms with E-state index in [2.05, 4.69) is 40.3 Å². The number of piperidine rings is 1. The number of nitrogens with one attached hydrogen (secondary N) is 2. The molecule has 0 spiro atoms. The molecular formula is C28H39FN6O2S. The van der Waals surface area contributed by atoms with Gasteiger partial charge in [-0.1, -0.05) is 26.0 Å². The maximum Gasteiger partial charge on any atom is 0.232 e. The van der Waals surface area contributed by atoms with Crippen LogP contribution < -0.4 is 20.4 Å². The molecule has 0 aliphatic carbocycles. The van der Waals surface area contributed by atoms with Crippen LogP contribution in [0.5, 0.6) is 0 Å². The summed E-state index contributed by atoms with van der Waals surface area (Å²) in [6, 6.07) is 8.90. The fraction of sp³-hybridized carbons (Fsp3) is 0.607. The lowest BCUT2D eigenvalue weighted by Crippen LogP contribution is -2.46. The summed E-state index contributed by atoms with van der Waals surface area (Å²) >= 11 is 5.72. The van der Waals surface area contributed by atoms with Crippen LogP contribution in [0.1, 0.15) is 38.7 Å². The van der Waals surface area contributed by atoms with E-state index in [9.17, 15) is 4.39 Å². The zero-order valence-electron chi connectivity index (χ0n) is 22.4. The van der Waals surface area contributed by atoms with Crippen molar-refractivity contribution in [1.82, 2.24) is 15.3 Å². The van der Waals surface area contributed by atoms with Crippen LogP contribution >= 0.6 is 12.2 Å². The Morgan fingerprint density at radius 3 is 2.24 bits per heavy atom. The van der Waals surface area contributed by atoms with E-state index in [0.717, 1.165) is 56.2 Å². The van der Waals surface area contributed by atoms with Crippen molar-refractivity contribution in [3.63, 3.8) is 0 Å². The molecule has 10 heteroatoms. The number of ether oxygens (including phenoxy) is 2. The third-order valence-electron chi connectivity index (χ3n) is 7.95. The summed E-state index contributed by atoms with van der Waals surface area (Å²) in [6.07, 6.45) is 2.91. The van der Waals surface area contributed by atoms with Crippen molar-refractivity contribution in [2.45, 2.75) is 38.5 Å². The Labute approximate surface area is 230 Å². The molecule has 1 aromatic carbocycles. The van der Waals surface area contributed by atoms with Crippen LogP contribution in [-0.4, -0.2) is 74.2 Å². The number of aromatic nitrogens is 2. The van der Waals surface area contributed by atoms with Crippen molar-refractivity contribution in [2.75, 3.05) is 74.3 Å². The van der Waals surface area contributed by atoms with Crippen molar-refractivity contribution >= 4 is 34.9 Å². The fourth-order valence-electron chi connectivity index (χ4n) is 5.97. The average molecular weight is 543 g/mol. The summed E-state index contributed by atoms with van der Waals surface area (Å²) in [5, 5.41) is 7.15. The van der Waals surface area contributed by atoms with Crippen LogP contribution in [0.2, 0.25) is 0 Å². The maximum absolute atomic E-state index is 13.6. The van der Waals surface area contributed by atoms with Crippen LogP contribution in [0.15, 0.2) is 30.3 Å². The van der Waals surface area contributed by atoms with Gasteiger partial charge < -0.3 is 29.9 Å². The number of benzene rings is 1. The number of morpholine rings is 1. The van der Waals surface area contributed by atoms with Gasteiger partial charge in [-0.05, 0) is 61.0 Å². The lowest BCUT2D eigenvalue weighted by molar-refractivity contribution is 0.0515. The standard InChI is InChI=1S/C28H39FN6O2S/c1-20-15-21(2)18-35(17-20)25-16-24(34-9-13-37-14-10-34)31-26(32-25)33-27(38)30-19-28(7-11-36-12-8-28)22-3-5-23(29)6-4-22/h3-6,16,20-21H,7-15,17-19H2,1-2H3,(H2,30,31,32,33,38)/t20-,21+. The molecule has 3 saturated heterocycles. The Morgan fingerprint density at radius 1 is 0.974 bits per heavy atom. The topological polar surface area (TPSA) is 74.8 Å². The molecule has 1 aromatic heterocycles. The monoisotopic (exact) mass is 542 g/mol. The SMILES string of the molecule is C[C@@H]1C[C@H](C)CN(c2cc(N3CCOCC3)nc(NC(=S)NCC3(c4ccc(F)cc4)CCOCC3)n2)C1. The first-order valence-electron chi connectivity index (χ1n) is 13.8. The fourth-order valence-corrected chi connectivity index (χ4v) is 6.14. The van der Waals surface area contributed by atoms with E-state index in [1.54, 1.807) is 0 Å². The lowest BCUT2D eigenvalue weighted by atomic mass is 9.74. The molecule has 0 saturated carbocycles. The molecule has 2 atom stereocenters. The molecule has 8 nitrogen and oxygen atoms in total. The second-order valence-corrected chi connectivity index (χ2v) is 11.5. The molecule has 0 radical (unpaired) electrons. The predicted octanol–water partition coefficient (Wildman–Crippen LogP) is 3.97. The first kappa shape index (κ1) is 27.0. The Hall–Kier alpha value is -2.56. The van der Waals surface area contributed by atoms with Crippen LogP contribution in [0.25, 0.3) is 0 Å². The summed E-state index contributed by atoms with van der Waals surface area (Å²) in [5.74, 6) is 3.31. The predicted molar refractivity (Wildman–Crippen MR) is 153 cm³/mol. The van der Waals surface area contributed by atoms with Crippen LogP contribution in [0.4, 0.5) is 22.0 Å². The number of anilines is 3. The van der Waals surface area contributed by atoms with Crippen LogP contribution in [0, 0.1) is 17.7 Å². The number of thiocarbonyl (C=S) groups is 1. The van der Waals surface area contributed by atoms with Crippen molar-refractivity contribution in [3.8, 4) is 0 Å². The molecule has 2 aromatic rings. The molecular weight excluding hydrogens is 503 g/mol. The van der Waals surface area contributed by atoms with Gasteiger partial charge in [0.1, 0.15) is 17.5 Å². The molecule has 3 aliphatic heterocycles. The zero-order chi connectivity index (χ0) is 26.5. The molecule has 206 valence electrons. The number of hydrogen-bond donors (Lipinski definition) is 2. The van der Waals surface area contributed by atoms with Gasteiger partial charge in [-0.25, -0.2) is 4.39 Å². The van der Waals surface area contributed by atoms with Gasteiger partial charge in [0.2, 0.25) is 5.95 Å². The third-order valence-corrected chi connectivity index (χ3v) is 8.19. The van der Waals surface area contributed by atoms with Gasteiger partial charge in [0.25, 0.3) is 0 Å². The highest BCUT2D eigenvalue weighted by molar-refractivity contribution is 7.80. The van der Waals surface area contributed by atoms with E-state index in [-0.39, 0.29) is 11.2 Å². The smallest absolute Gasteiger partial charge is 0.232 e. The summed E-state index contributed by atoms with van der Waals surface area (Å²) in [7, 11) is 0. The minimum Gasteiger partial charge on any atom is -0.381 e. The second kappa shape index (κ2) is 12.1. The first-order valence-corrected chi connectivity index (χ1v) is 14.2. The third kappa shape index (κ3) is 6.52. The van der Waals surface area contributed by atoms with Crippen molar-refractivity contribution in [1.29, 1.82) is 0 Å². The van der Waals surface area contributed by atoms with E-state index in [1.807, 2.05) is 12.1 Å². The van der Waals surface area contributed by atoms with Crippen molar-refractivity contribution in [3.05, 3.63) is 41.7 Å². The molecule has 2 N–H and O–H groups in total. The van der Waals surface area contributed by atoms with Gasteiger partial charge in [-0.15, -0.1) is 0 Å². The van der Waals surface area contributed by atoms with Gasteiger partial charge >= 0.3 is 0 Å². The van der Waals surface area contributed by atoms with Gasteiger partial charge in [-0.2, -0.15) is 9.97 Å². The van der Waals surface area contributed by atoms with E-state index >= 15 is 0 Å². The van der Waals surface area contributed by atoms with E-state index < -0.39 is 0 Å². The second-order valence-electron chi connectivity index (χ2n) is 11.1. The normalized spacial score (nSPS) is 23.7. The minimum atomic E-state index is -0.230. The van der Waals surface area contributed by atoms with Gasteiger partial charge in [0, 0.05) is 57.4 Å². The Balaban J connectivity index is 1.33. The molecule has 38 heavy (non-hydrogen) atoms. The summed E-state index contributed by atoms with van der Waals surface area (Å²) in [4.78, 5) is 14.4. The molecule has 5 rings (SSSR count). The molecule has 0 unspecified atom stereocenters. The largest absolute Gasteiger partial charge is 0.381 e. The lowest BCUT2D eigenvalue weighted by Gasteiger charge is -2.38. The molecule has 4 heterocycles. The minimum absolute atomic E-state index is 0.181. The quantitative estimate of drug-likeness (QED) is 0.528. The Morgan fingerprint density at radius 2 is 1.58 bits per heavy atom. The number of nitrogens with zero attached hydrogens (tertiary/aromatic N) is 4. The summed E-state index contributed by atoms with van der Waals surface area (Å²) in [5.41, 5.74) is 0.915. The van der Waals surface area contributed by atoms with E-state index in [0.29, 0.717) is 55.9 Å². The van der Waals surface area contributed by atoms with Gasteiger partial charge in [-0.3, -0.25) is 0 Å². The molecule has 3 aliphatic rings. The highest BCUT2D eigenvalue weighted by atomic mass is 32.1. The van der Waals surface area contributed by atoms with Crippen molar-refractivity contribution in [2.24, 2.45) is 11.8 Å². The molecule has 0 bridgehead atoms. The summed E-state index contributed by atoms with van der Waals surface area (Å²) < 4.78 is 24.8. The Kier molecular flexibility index (Phi) is 8.60. The zero-order valence-corrected chi connectivity index (χ0v) is 23.2. The highest BCUT2D eigenvalue weighted by Gasteiger charge is 2.35. The van der Waals surface area contributed by atoms with E-state index in [4.69, 9.17) is 31.7 Å². The molecule has 3 fully saturated rings. The maximum atomic E-state index is 13.6.